The lowest BCUT2D eigenvalue weighted by Gasteiger charge is -2.25. The van der Waals surface area contributed by atoms with E-state index in [0.717, 1.165) is 17.7 Å². The van der Waals surface area contributed by atoms with Crippen molar-refractivity contribution in [3.63, 3.8) is 0 Å². The maximum atomic E-state index is 13.2. The second-order valence-corrected chi connectivity index (χ2v) is 8.37. The summed E-state index contributed by atoms with van der Waals surface area (Å²) in [6.07, 6.45) is 2.37. The molecule has 34 heavy (non-hydrogen) atoms. The molecule has 3 aromatic rings. The topological polar surface area (TPSA) is 83.2 Å². The average Bonchev–Trinajstić information content (AvgIpc) is 3.45. The standard InChI is InChI=1S/C27H28N2O5/c1-4-14-33-21-8-5-7-19(16-21)25(30)23-24(18-10-12-20(13-11-18)28(2)3)29(27(32)26(23)31)17-22-9-6-15-34-22/h5-13,15-16,24,30H,4,14,17H2,1-3H3. The number of ether oxygens (including phenoxy) is 1. The third kappa shape index (κ3) is 4.55. The molecule has 0 spiro atoms. The minimum atomic E-state index is -0.762. The molecule has 1 aliphatic heterocycles. The number of aliphatic hydroxyl groups excluding tert-OH is 1. The van der Waals surface area contributed by atoms with Crippen molar-refractivity contribution in [2.24, 2.45) is 0 Å². The number of rotatable bonds is 8. The summed E-state index contributed by atoms with van der Waals surface area (Å²) < 4.78 is 11.1. The first-order chi connectivity index (χ1) is 16.4. The Kier molecular flexibility index (Phi) is 6.72. The predicted octanol–water partition coefficient (Wildman–Crippen LogP) is 4.76. The van der Waals surface area contributed by atoms with Crippen LogP contribution in [0.15, 0.2) is 76.9 Å². The Balaban J connectivity index is 1.81. The van der Waals surface area contributed by atoms with Crippen LogP contribution in [-0.4, -0.2) is 42.4 Å². The lowest BCUT2D eigenvalue weighted by molar-refractivity contribution is -0.140. The number of hydrogen-bond acceptors (Lipinski definition) is 6. The molecule has 1 fully saturated rings. The van der Waals surface area contributed by atoms with Crippen molar-refractivity contribution in [1.82, 2.24) is 4.90 Å². The third-order valence-corrected chi connectivity index (χ3v) is 5.75. The van der Waals surface area contributed by atoms with E-state index >= 15 is 0 Å². The number of amides is 1. The number of nitrogens with zero attached hydrogens (tertiary/aromatic N) is 2. The molecule has 1 saturated heterocycles. The number of hydrogen-bond donors (Lipinski definition) is 1. The normalized spacial score (nSPS) is 17.3. The molecule has 0 aliphatic carbocycles. The highest BCUT2D eigenvalue weighted by atomic mass is 16.5. The van der Waals surface area contributed by atoms with Gasteiger partial charge in [0.1, 0.15) is 17.3 Å². The van der Waals surface area contributed by atoms with Gasteiger partial charge in [-0.05, 0) is 48.4 Å². The molecule has 176 valence electrons. The largest absolute Gasteiger partial charge is 0.507 e. The molecule has 1 amide bonds. The lowest BCUT2D eigenvalue weighted by atomic mass is 9.95. The number of carbonyl (C=O) groups excluding carboxylic acids is 2. The summed E-state index contributed by atoms with van der Waals surface area (Å²) in [6.45, 7) is 2.65. The van der Waals surface area contributed by atoms with E-state index in [9.17, 15) is 14.7 Å². The van der Waals surface area contributed by atoms with E-state index in [1.807, 2.05) is 50.2 Å². The fraction of sp³-hybridized carbons (Fsp3) is 0.259. The molecule has 2 aromatic carbocycles. The molecule has 1 aliphatic rings. The molecule has 1 N–H and O–H groups in total. The van der Waals surface area contributed by atoms with Crippen LogP contribution in [0.25, 0.3) is 5.76 Å². The second-order valence-electron chi connectivity index (χ2n) is 8.37. The minimum absolute atomic E-state index is 0.0433. The number of aliphatic hydroxyl groups is 1. The van der Waals surface area contributed by atoms with Crippen molar-refractivity contribution in [2.75, 3.05) is 25.6 Å². The van der Waals surface area contributed by atoms with Gasteiger partial charge < -0.3 is 24.1 Å². The predicted molar refractivity (Wildman–Crippen MR) is 130 cm³/mol. The zero-order chi connectivity index (χ0) is 24.2. The number of Topliss-reactive ketones (excluding diaryl/α,β-unsaturated/α-hetero) is 1. The van der Waals surface area contributed by atoms with E-state index in [4.69, 9.17) is 9.15 Å². The van der Waals surface area contributed by atoms with Crippen LogP contribution < -0.4 is 9.64 Å². The Bertz CT molecular complexity index is 1200. The van der Waals surface area contributed by atoms with Gasteiger partial charge in [0.25, 0.3) is 11.7 Å². The van der Waals surface area contributed by atoms with Gasteiger partial charge in [0.2, 0.25) is 0 Å². The lowest BCUT2D eigenvalue weighted by Crippen LogP contribution is -2.29. The van der Waals surface area contributed by atoms with E-state index in [-0.39, 0.29) is 17.9 Å². The fourth-order valence-electron chi connectivity index (χ4n) is 4.02. The summed E-state index contributed by atoms with van der Waals surface area (Å²) in [5, 5.41) is 11.3. The first kappa shape index (κ1) is 23.2. The van der Waals surface area contributed by atoms with Gasteiger partial charge in [-0.1, -0.05) is 31.2 Å². The van der Waals surface area contributed by atoms with Gasteiger partial charge >= 0.3 is 0 Å². The highest BCUT2D eigenvalue weighted by molar-refractivity contribution is 6.46. The molecule has 0 saturated carbocycles. The van der Waals surface area contributed by atoms with Gasteiger partial charge in [-0.25, -0.2) is 0 Å². The highest BCUT2D eigenvalue weighted by Gasteiger charge is 2.46. The Morgan fingerprint density at radius 1 is 1.09 bits per heavy atom. The van der Waals surface area contributed by atoms with Crippen LogP contribution >= 0.6 is 0 Å². The number of ketones is 1. The Hall–Kier alpha value is -4.00. The van der Waals surface area contributed by atoms with Crippen LogP contribution in [0.3, 0.4) is 0 Å². The van der Waals surface area contributed by atoms with Crippen molar-refractivity contribution >= 4 is 23.1 Å². The minimum Gasteiger partial charge on any atom is -0.507 e. The van der Waals surface area contributed by atoms with E-state index in [1.165, 1.54) is 11.2 Å². The van der Waals surface area contributed by atoms with E-state index < -0.39 is 17.7 Å². The summed E-state index contributed by atoms with van der Waals surface area (Å²) in [7, 11) is 3.87. The van der Waals surface area contributed by atoms with Crippen molar-refractivity contribution in [2.45, 2.75) is 25.9 Å². The Morgan fingerprint density at radius 2 is 1.85 bits per heavy atom. The molecule has 4 rings (SSSR count). The molecule has 0 radical (unpaired) electrons. The number of carbonyl (C=O) groups is 2. The van der Waals surface area contributed by atoms with E-state index in [1.54, 1.807) is 36.4 Å². The van der Waals surface area contributed by atoms with Gasteiger partial charge in [-0.3, -0.25) is 9.59 Å². The van der Waals surface area contributed by atoms with Crippen LogP contribution in [-0.2, 0) is 16.1 Å². The van der Waals surface area contributed by atoms with Gasteiger partial charge in [0, 0.05) is 25.3 Å². The third-order valence-electron chi connectivity index (χ3n) is 5.75. The van der Waals surface area contributed by atoms with Gasteiger partial charge in [-0.2, -0.15) is 0 Å². The average molecular weight is 461 g/mol. The van der Waals surface area contributed by atoms with Crippen LogP contribution in [0, 0.1) is 0 Å². The van der Waals surface area contributed by atoms with Crippen LogP contribution in [0.5, 0.6) is 5.75 Å². The smallest absolute Gasteiger partial charge is 0.296 e. The van der Waals surface area contributed by atoms with Gasteiger partial charge in [0.15, 0.2) is 0 Å². The van der Waals surface area contributed by atoms with Crippen LogP contribution in [0.1, 0.15) is 36.3 Å². The molecule has 2 heterocycles. The molecule has 1 atom stereocenters. The maximum absolute atomic E-state index is 13.2. The second kappa shape index (κ2) is 9.87. The van der Waals surface area contributed by atoms with Crippen molar-refractivity contribution < 1.29 is 23.8 Å². The van der Waals surface area contributed by atoms with Crippen molar-refractivity contribution in [3.8, 4) is 5.75 Å². The quantitative estimate of drug-likeness (QED) is 0.297. The van der Waals surface area contributed by atoms with Crippen LogP contribution in [0.2, 0.25) is 0 Å². The molecule has 0 bridgehead atoms. The Labute approximate surface area is 198 Å². The molecule has 1 unspecified atom stereocenters. The zero-order valence-corrected chi connectivity index (χ0v) is 19.5. The summed E-state index contributed by atoms with van der Waals surface area (Å²) in [6, 6.07) is 17.2. The van der Waals surface area contributed by atoms with Crippen LogP contribution in [0.4, 0.5) is 5.69 Å². The van der Waals surface area contributed by atoms with Crippen molar-refractivity contribution in [3.05, 3.63) is 89.4 Å². The molecular weight excluding hydrogens is 432 g/mol. The van der Waals surface area contributed by atoms with Gasteiger partial charge in [-0.15, -0.1) is 0 Å². The first-order valence-electron chi connectivity index (χ1n) is 11.2. The highest BCUT2D eigenvalue weighted by Crippen LogP contribution is 2.41. The molecule has 1 aromatic heterocycles. The monoisotopic (exact) mass is 460 g/mol. The van der Waals surface area contributed by atoms with E-state index in [2.05, 4.69) is 0 Å². The van der Waals surface area contributed by atoms with Crippen molar-refractivity contribution in [1.29, 1.82) is 0 Å². The van der Waals surface area contributed by atoms with Gasteiger partial charge in [0.05, 0.1) is 31.0 Å². The molecule has 7 nitrogen and oxygen atoms in total. The zero-order valence-electron chi connectivity index (χ0n) is 19.5. The number of likely N-dealkylation sites (tertiary alicyclic amines) is 1. The summed E-state index contributed by atoms with van der Waals surface area (Å²) in [5.41, 5.74) is 2.16. The fourth-order valence-corrected chi connectivity index (χ4v) is 4.02. The summed E-state index contributed by atoms with van der Waals surface area (Å²) in [5.74, 6) is -0.512. The summed E-state index contributed by atoms with van der Waals surface area (Å²) >= 11 is 0. The summed E-state index contributed by atoms with van der Waals surface area (Å²) in [4.78, 5) is 29.7. The number of benzene rings is 2. The number of anilines is 1. The number of furan rings is 1. The SMILES string of the molecule is CCCOc1cccc(C(O)=C2C(=O)C(=O)N(Cc3ccco3)C2c2ccc(N(C)C)cc2)c1. The molecule has 7 heteroatoms. The van der Waals surface area contributed by atoms with E-state index in [0.29, 0.717) is 23.7 Å². The first-order valence-corrected chi connectivity index (χ1v) is 11.2. The maximum Gasteiger partial charge on any atom is 0.296 e. The molecular formula is C27H28N2O5. The Morgan fingerprint density at radius 3 is 2.50 bits per heavy atom.